The average molecular weight is 243 g/mol. The molecule has 0 aliphatic rings. The van der Waals surface area contributed by atoms with Crippen LogP contribution in [0.5, 0.6) is 0 Å². The molecule has 0 aromatic carbocycles. The van der Waals surface area contributed by atoms with Gasteiger partial charge >= 0.3 is 0 Å². The molecule has 5 nitrogen and oxygen atoms in total. The first-order valence-corrected chi connectivity index (χ1v) is 5.23. The molecule has 1 rings (SSSR count). The molecule has 6 heteroatoms. The van der Waals surface area contributed by atoms with Crippen LogP contribution in [0.3, 0.4) is 0 Å². The van der Waals surface area contributed by atoms with Crippen LogP contribution in [-0.2, 0) is 11.2 Å². The van der Waals surface area contributed by atoms with Crippen molar-refractivity contribution >= 4 is 23.1 Å². The van der Waals surface area contributed by atoms with Crippen LogP contribution in [0.1, 0.15) is 25.5 Å². The lowest BCUT2D eigenvalue weighted by Crippen LogP contribution is -2.06. The molecule has 0 unspecified atom stereocenters. The fourth-order valence-corrected chi connectivity index (χ4v) is 1.46. The van der Waals surface area contributed by atoms with Gasteiger partial charge in [-0.15, -0.1) is 0 Å². The van der Waals surface area contributed by atoms with Crippen LogP contribution in [0.15, 0.2) is 12.3 Å². The van der Waals surface area contributed by atoms with Gasteiger partial charge in [0.15, 0.2) is 0 Å². The van der Waals surface area contributed by atoms with Gasteiger partial charge in [0.25, 0.3) is 5.69 Å². The zero-order chi connectivity index (χ0) is 12.1. The second kappa shape index (κ2) is 5.55. The predicted octanol–water partition coefficient (Wildman–Crippen LogP) is 2.55. The van der Waals surface area contributed by atoms with Crippen molar-refractivity contribution in [3.05, 3.63) is 33.1 Å². The third kappa shape index (κ3) is 3.27. The maximum absolute atomic E-state index is 11.4. The van der Waals surface area contributed by atoms with Crippen LogP contribution in [0.25, 0.3) is 0 Å². The number of halogens is 1. The van der Waals surface area contributed by atoms with Gasteiger partial charge in [0.1, 0.15) is 11.5 Å². The van der Waals surface area contributed by atoms with Gasteiger partial charge in [0, 0.05) is 18.7 Å². The molecule has 0 aliphatic carbocycles. The van der Waals surface area contributed by atoms with Gasteiger partial charge in [0.05, 0.1) is 16.4 Å². The zero-order valence-electron chi connectivity index (χ0n) is 8.77. The van der Waals surface area contributed by atoms with Gasteiger partial charge in [-0.2, -0.15) is 0 Å². The molecule has 1 heterocycles. The first kappa shape index (κ1) is 12.6. The van der Waals surface area contributed by atoms with E-state index in [4.69, 9.17) is 11.6 Å². The van der Waals surface area contributed by atoms with Gasteiger partial charge in [0.2, 0.25) is 0 Å². The van der Waals surface area contributed by atoms with Crippen LogP contribution in [0, 0.1) is 10.1 Å². The van der Waals surface area contributed by atoms with E-state index in [1.165, 1.54) is 12.3 Å². The summed E-state index contributed by atoms with van der Waals surface area (Å²) >= 11 is 5.61. The first-order valence-electron chi connectivity index (χ1n) is 4.85. The molecule has 0 aliphatic heterocycles. The fourth-order valence-electron chi connectivity index (χ4n) is 1.31. The minimum atomic E-state index is -0.576. The highest BCUT2D eigenvalue weighted by molar-refractivity contribution is 6.30. The Morgan fingerprint density at radius 2 is 2.31 bits per heavy atom. The van der Waals surface area contributed by atoms with E-state index in [1.54, 1.807) is 0 Å². The second-order valence-electron chi connectivity index (χ2n) is 3.34. The molecule has 0 N–H and O–H groups in total. The van der Waals surface area contributed by atoms with E-state index in [0.29, 0.717) is 6.42 Å². The number of nitrogens with zero attached hydrogens (tertiary/aromatic N) is 2. The van der Waals surface area contributed by atoms with E-state index < -0.39 is 4.92 Å². The average Bonchev–Trinajstić information content (AvgIpc) is 2.20. The summed E-state index contributed by atoms with van der Waals surface area (Å²) in [5.41, 5.74) is -0.0233. The predicted molar refractivity (Wildman–Crippen MR) is 59.5 cm³/mol. The lowest BCUT2D eigenvalue weighted by Gasteiger charge is -2.01. The largest absolute Gasteiger partial charge is 0.299 e. The first-order chi connectivity index (χ1) is 7.54. The van der Waals surface area contributed by atoms with Gasteiger partial charge in [-0.1, -0.05) is 18.5 Å². The van der Waals surface area contributed by atoms with Crippen molar-refractivity contribution in [2.75, 3.05) is 0 Å². The third-order valence-corrected chi connectivity index (χ3v) is 2.21. The quantitative estimate of drug-likeness (QED) is 0.588. The number of carbonyl (C=O) groups excluding carboxylic acids is 1. The molecular weight excluding hydrogens is 232 g/mol. The Hall–Kier alpha value is -1.49. The molecule has 0 radical (unpaired) electrons. The molecule has 86 valence electrons. The molecule has 0 amide bonds. The van der Waals surface area contributed by atoms with E-state index in [9.17, 15) is 14.9 Å². The zero-order valence-corrected chi connectivity index (χ0v) is 9.53. The minimum absolute atomic E-state index is 0.0126. The molecule has 0 bridgehead atoms. The number of carbonyl (C=O) groups is 1. The molecule has 0 fully saturated rings. The summed E-state index contributed by atoms with van der Waals surface area (Å²) in [6.45, 7) is 1.88. The maximum Gasteiger partial charge on any atom is 0.292 e. The maximum atomic E-state index is 11.4. The summed E-state index contributed by atoms with van der Waals surface area (Å²) < 4.78 is 0. The molecule has 16 heavy (non-hydrogen) atoms. The standard InChI is InChI=1S/C10H11ClN2O3/c1-2-3-8(14)5-9-10(13(15)16)4-7(11)6-12-9/h4,6H,2-3,5H2,1H3. The molecule has 0 saturated carbocycles. The van der Waals surface area contributed by atoms with E-state index in [2.05, 4.69) is 4.98 Å². The number of nitro groups is 1. The van der Waals surface area contributed by atoms with Crippen molar-refractivity contribution in [3.63, 3.8) is 0 Å². The minimum Gasteiger partial charge on any atom is -0.299 e. The molecule has 0 saturated heterocycles. The molecule has 1 aromatic rings. The van der Waals surface area contributed by atoms with Crippen molar-refractivity contribution < 1.29 is 9.72 Å². The highest BCUT2D eigenvalue weighted by Crippen LogP contribution is 2.21. The normalized spacial score (nSPS) is 10.1. The number of Topliss-reactive ketones (excluding diaryl/α,β-unsaturated/α-hetero) is 1. The Labute approximate surface area is 97.6 Å². The van der Waals surface area contributed by atoms with Crippen LogP contribution in [0.4, 0.5) is 5.69 Å². The Morgan fingerprint density at radius 3 is 2.88 bits per heavy atom. The summed E-state index contributed by atoms with van der Waals surface area (Å²) in [6.07, 6.45) is 2.42. The SMILES string of the molecule is CCCC(=O)Cc1ncc(Cl)cc1[N+](=O)[O-]. The number of hydrogen-bond donors (Lipinski definition) is 0. The topological polar surface area (TPSA) is 73.1 Å². The summed E-state index contributed by atoms with van der Waals surface area (Å²) in [6, 6.07) is 1.21. The van der Waals surface area contributed by atoms with Crippen molar-refractivity contribution in [2.24, 2.45) is 0 Å². The van der Waals surface area contributed by atoms with Crippen LogP contribution < -0.4 is 0 Å². The summed E-state index contributed by atoms with van der Waals surface area (Å²) in [5.74, 6) is -0.0552. The van der Waals surface area contributed by atoms with Crippen LogP contribution in [0.2, 0.25) is 5.02 Å². The Balaban J connectivity index is 2.95. The van der Waals surface area contributed by atoms with Crippen molar-refractivity contribution in [1.29, 1.82) is 0 Å². The summed E-state index contributed by atoms with van der Waals surface area (Å²) in [4.78, 5) is 25.3. The molecule has 0 spiro atoms. The summed E-state index contributed by atoms with van der Waals surface area (Å²) in [7, 11) is 0. The smallest absolute Gasteiger partial charge is 0.292 e. The number of aromatic nitrogens is 1. The second-order valence-corrected chi connectivity index (χ2v) is 3.78. The molecular formula is C10H11ClN2O3. The fraction of sp³-hybridized carbons (Fsp3) is 0.400. The number of hydrogen-bond acceptors (Lipinski definition) is 4. The number of pyridine rings is 1. The Morgan fingerprint density at radius 1 is 1.62 bits per heavy atom. The lowest BCUT2D eigenvalue weighted by atomic mass is 10.1. The highest BCUT2D eigenvalue weighted by Gasteiger charge is 2.18. The Bertz CT molecular complexity index is 421. The highest BCUT2D eigenvalue weighted by atomic mass is 35.5. The Kier molecular flexibility index (Phi) is 4.37. The van der Waals surface area contributed by atoms with E-state index in [1.807, 2.05) is 6.92 Å². The van der Waals surface area contributed by atoms with Gasteiger partial charge < -0.3 is 0 Å². The summed E-state index contributed by atoms with van der Waals surface area (Å²) in [5, 5.41) is 10.9. The van der Waals surface area contributed by atoms with Crippen molar-refractivity contribution in [1.82, 2.24) is 4.98 Å². The third-order valence-electron chi connectivity index (χ3n) is 2.00. The number of rotatable bonds is 5. The van der Waals surface area contributed by atoms with Crippen LogP contribution >= 0.6 is 11.6 Å². The van der Waals surface area contributed by atoms with Crippen molar-refractivity contribution in [3.8, 4) is 0 Å². The van der Waals surface area contributed by atoms with Gasteiger partial charge in [-0.3, -0.25) is 19.9 Å². The van der Waals surface area contributed by atoms with Crippen molar-refractivity contribution in [2.45, 2.75) is 26.2 Å². The van der Waals surface area contributed by atoms with Crippen LogP contribution in [-0.4, -0.2) is 15.7 Å². The lowest BCUT2D eigenvalue weighted by molar-refractivity contribution is -0.385. The van der Waals surface area contributed by atoms with E-state index in [0.717, 1.165) is 6.42 Å². The van der Waals surface area contributed by atoms with Gasteiger partial charge in [-0.25, -0.2) is 0 Å². The van der Waals surface area contributed by atoms with E-state index in [-0.39, 0.29) is 28.6 Å². The van der Waals surface area contributed by atoms with E-state index >= 15 is 0 Å². The van der Waals surface area contributed by atoms with Gasteiger partial charge in [-0.05, 0) is 6.42 Å². The monoisotopic (exact) mass is 242 g/mol. The molecule has 0 atom stereocenters. The molecule has 1 aromatic heterocycles. The number of ketones is 1.